The average molecular weight is 344 g/mol. The Bertz CT molecular complexity index is 552. The second kappa shape index (κ2) is 7.66. The molecule has 1 atom stereocenters. The third kappa shape index (κ3) is 3.65. The van der Waals surface area contributed by atoms with Gasteiger partial charge in [0.05, 0.1) is 13.0 Å². The van der Waals surface area contributed by atoms with E-state index in [4.69, 9.17) is 9.47 Å². The molecule has 2 aliphatic rings. The van der Waals surface area contributed by atoms with Gasteiger partial charge in [-0.3, -0.25) is 0 Å². The molecule has 1 saturated carbocycles. The van der Waals surface area contributed by atoms with E-state index in [1.54, 1.807) is 6.07 Å². The maximum atomic E-state index is 14.4. The molecule has 136 valence electrons. The van der Waals surface area contributed by atoms with Crippen LogP contribution in [0.5, 0.6) is 11.5 Å². The van der Waals surface area contributed by atoms with Crippen molar-refractivity contribution in [1.29, 1.82) is 0 Å². The Hall–Kier alpha value is -1.39. The quantitative estimate of drug-likeness (QED) is 0.672. The first-order chi connectivity index (χ1) is 11.4. The second-order valence-corrected chi connectivity index (χ2v) is 6.56. The highest BCUT2D eigenvalue weighted by molar-refractivity contribution is 5.44. The number of hydrogen-bond donors (Lipinski definition) is 0. The molecule has 0 radical (unpaired) electrons. The van der Waals surface area contributed by atoms with Crippen LogP contribution in [0.2, 0.25) is 0 Å². The lowest BCUT2D eigenvalue weighted by molar-refractivity contribution is -0.239. The van der Waals surface area contributed by atoms with Gasteiger partial charge in [0.25, 0.3) is 0 Å². The predicted octanol–water partition coefficient (Wildman–Crippen LogP) is 5.83. The summed E-state index contributed by atoms with van der Waals surface area (Å²) in [6.45, 7) is 6.16. The lowest BCUT2D eigenvalue weighted by Crippen LogP contribution is -2.44. The standard InChI is InChI=1S/C17H21F3O2.C2H6/c1-10-3-5-11(6-4-10)13-9-12-7-8-14(21-2)15(18)16(12)22-17(13,19)20;1-2/h7-8,10-11,13H,3-6,9H2,1-2H3;1-2H3. The molecule has 0 aromatic heterocycles. The van der Waals surface area contributed by atoms with Gasteiger partial charge < -0.3 is 9.47 Å². The molecule has 1 aromatic rings. The molecule has 5 heteroatoms. The molecule has 0 spiro atoms. The second-order valence-electron chi connectivity index (χ2n) is 6.56. The van der Waals surface area contributed by atoms with E-state index in [2.05, 4.69) is 6.92 Å². The number of fused-ring (bicyclic) bond motifs is 1. The average Bonchev–Trinajstić information content (AvgIpc) is 2.58. The third-order valence-electron chi connectivity index (χ3n) is 5.10. The molecular formula is C19H27F3O2. The predicted molar refractivity (Wildman–Crippen MR) is 88.2 cm³/mol. The van der Waals surface area contributed by atoms with Crippen molar-refractivity contribution in [2.45, 2.75) is 59.0 Å². The van der Waals surface area contributed by atoms with Crippen LogP contribution in [0, 0.1) is 23.6 Å². The molecule has 1 fully saturated rings. The highest BCUT2D eigenvalue weighted by atomic mass is 19.3. The van der Waals surface area contributed by atoms with Crippen molar-refractivity contribution in [2.24, 2.45) is 17.8 Å². The highest BCUT2D eigenvalue weighted by Crippen LogP contribution is 2.48. The van der Waals surface area contributed by atoms with Gasteiger partial charge in [0.1, 0.15) is 0 Å². The molecule has 1 heterocycles. The van der Waals surface area contributed by atoms with Gasteiger partial charge in [0.2, 0.25) is 5.82 Å². The topological polar surface area (TPSA) is 18.5 Å². The first-order valence-electron chi connectivity index (χ1n) is 8.84. The zero-order chi connectivity index (χ0) is 17.9. The first-order valence-corrected chi connectivity index (χ1v) is 8.84. The zero-order valence-electron chi connectivity index (χ0n) is 14.9. The van der Waals surface area contributed by atoms with Gasteiger partial charge in [0, 0.05) is 0 Å². The van der Waals surface area contributed by atoms with Gasteiger partial charge in [-0.15, -0.1) is 0 Å². The fourth-order valence-electron chi connectivity index (χ4n) is 3.70. The van der Waals surface area contributed by atoms with Crippen molar-refractivity contribution in [3.63, 3.8) is 0 Å². The van der Waals surface area contributed by atoms with Gasteiger partial charge in [-0.1, -0.05) is 39.7 Å². The Labute approximate surface area is 142 Å². The van der Waals surface area contributed by atoms with Gasteiger partial charge in [-0.05, 0) is 42.7 Å². The van der Waals surface area contributed by atoms with Crippen LogP contribution in [0.3, 0.4) is 0 Å². The molecular weight excluding hydrogens is 317 g/mol. The summed E-state index contributed by atoms with van der Waals surface area (Å²) in [5.74, 6) is -1.60. The fourth-order valence-corrected chi connectivity index (χ4v) is 3.70. The molecule has 0 N–H and O–H groups in total. The molecule has 3 rings (SSSR count). The molecule has 1 aliphatic carbocycles. The molecule has 1 aromatic carbocycles. The third-order valence-corrected chi connectivity index (χ3v) is 5.10. The van der Waals surface area contributed by atoms with Crippen LogP contribution in [0.1, 0.15) is 52.0 Å². The monoisotopic (exact) mass is 344 g/mol. The summed E-state index contributed by atoms with van der Waals surface area (Å²) in [5.41, 5.74) is 0.507. The Morgan fingerprint density at radius 1 is 1.12 bits per heavy atom. The van der Waals surface area contributed by atoms with E-state index in [-0.39, 0.29) is 23.8 Å². The number of hydrogen-bond acceptors (Lipinski definition) is 2. The smallest absolute Gasteiger partial charge is 0.401 e. The van der Waals surface area contributed by atoms with Crippen LogP contribution in [-0.4, -0.2) is 13.2 Å². The lowest BCUT2D eigenvalue weighted by atomic mass is 9.73. The molecule has 0 bridgehead atoms. The van der Waals surface area contributed by atoms with Gasteiger partial charge >= 0.3 is 6.11 Å². The SMILES string of the molecule is CC.COc1ccc2c(c1F)OC(F)(F)C(C1CCC(C)CC1)C2. The summed E-state index contributed by atoms with van der Waals surface area (Å²) < 4.78 is 52.6. The molecule has 0 saturated heterocycles. The molecule has 2 nitrogen and oxygen atoms in total. The Balaban J connectivity index is 0.00000100. The van der Waals surface area contributed by atoms with Crippen molar-refractivity contribution in [2.75, 3.05) is 7.11 Å². The van der Waals surface area contributed by atoms with E-state index >= 15 is 0 Å². The van der Waals surface area contributed by atoms with Crippen LogP contribution in [0.15, 0.2) is 12.1 Å². The zero-order valence-corrected chi connectivity index (χ0v) is 14.9. The molecule has 1 aliphatic heterocycles. The summed E-state index contributed by atoms with van der Waals surface area (Å²) >= 11 is 0. The normalized spacial score (nSPS) is 28.0. The lowest BCUT2D eigenvalue weighted by Gasteiger charge is -2.40. The van der Waals surface area contributed by atoms with Crippen LogP contribution >= 0.6 is 0 Å². The van der Waals surface area contributed by atoms with Gasteiger partial charge in [-0.2, -0.15) is 13.2 Å². The van der Waals surface area contributed by atoms with E-state index in [0.29, 0.717) is 11.5 Å². The van der Waals surface area contributed by atoms with Gasteiger partial charge in [0.15, 0.2) is 11.5 Å². The van der Waals surface area contributed by atoms with Crippen molar-refractivity contribution in [3.8, 4) is 11.5 Å². The minimum Gasteiger partial charge on any atom is -0.494 e. The van der Waals surface area contributed by atoms with Crippen molar-refractivity contribution < 1.29 is 22.6 Å². The van der Waals surface area contributed by atoms with E-state index in [9.17, 15) is 13.2 Å². The summed E-state index contributed by atoms with van der Waals surface area (Å²) in [7, 11) is 1.30. The summed E-state index contributed by atoms with van der Waals surface area (Å²) in [4.78, 5) is 0. The largest absolute Gasteiger partial charge is 0.494 e. The number of halogens is 3. The van der Waals surface area contributed by atoms with Crippen molar-refractivity contribution in [1.82, 2.24) is 0 Å². The van der Waals surface area contributed by atoms with Crippen LogP contribution in [0.25, 0.3) is 0 Å². The number of benzene rings is 1. The Kier molecular flexibility index (Phi) is 6.05. The molecule has 1 unspecified atom stereocenters. The number of ether oxygens (including phenoxy) is 2. The minimum atomic E-state index is -3.33. The number of alkyl halides is 2. The molecule has 0 amide bonds. The van der Waals surface area contributed by atoms with Gasteiger partial charge in [-0.25, -0.2) is 0 Å². The first kappa shape index (κ1) is 18.9. The maximum absolute atomic E-state index is 14.4. The van der Waals surface area contributed by atoms with E-state index in [1.165, 1.54) is 13.2 Å². The summed E-state index contributed by atoms with van der Waals surface area (Å²) in [5, 5.41) is 0. The Morgan fingerprint density at radius 3 is 2.33 bits per heavy atom. The van der Waals surface area contributed by atoms with E-state index < -0.39 is 17.8 Å². The van der Waals surface area contributed by atoms with Crippen LogP contribution in [0.4, 0.5) is 13.2 Å². The summed E-state index contributed by atoms with van der Waals surface area (Å²) in [6.07, 6.45) is 0.355. The maximum Gasteiger partial charge on any atom is 0.401 e. The van der Waals surface area contributed by atoms with Crippen molar-refractivity contribution >= 4 is 0 Å². The Morgan fingerprint density at radius 2 is 1.75 bits per heavy atom. The number of rotatable bonds is 2. The minimum absolute atomic E-state index is 0.0653. The number of methoxy groups -OCH3 is 1. The summed E-state index contributed by atoms with van der Waals surface area (Å²) in [6, 6.07) is 3.10. The van der Waals surface area contributed by atoms with E-state index in [1.807, 2.05) is 13.8 Å². The van der Waals surface area contributed by atoms with Crippen LogP contribution < -0.4 is 9.47 Å². The van der Waals surface area contributed by atoms with Crippen molar-refractivity contribution in [3.05, 3.63) is 23.5 Å². The van der Waals surface area contributed by atoms with E-state index in [0.717, 1.165) is 25.7 Å². The molecule has 24 heavy (non-hydrogen) atoms. The fraction of sp³-hybridized carbons (Fsp3) is 0.684. The van der Waals surface area contributed by atoms with Crippen LogP contribution in [-0.2, 0) is 6.42 Å². The highest BCUT2D eigenvalue weighted by Gasteiger charge is 2.51.